The fourth-order valence-electron chi connectivity index (χ4n) is 1.71. The lowest BCUT2D eigenvalue weighted by Gasteiger charge is -2.21. The third-order valence-corrected chi connectivity index (χ3v) is 3.05. The Morgan fingerprint density at radius 1 is 1.27 bits per heavy atom. The van der Waals surface area contributed by atoms with E-state index in [4.69, 9.17) is 0 Å². The van der Waals surface area contributed by atoms with E-state index in [2.05, 4.69) is 21.2 Å². The van der Waals surface area contributed by atoms with Crippen molar-refractivity contribution in [3.8, 4) is 0 Å². The van der Waals surface area contributed by atoms with Crippen LogP contribution in [0.5, 0.6) is 0 Å². The van der Waals surface area contributed by atoms with Gasteiger partial charge in [-0.25, -0.2) is 0 Å². The quantitative estimate of drug-likeness (QED) is 0.761. The van der Waals surface area contributed by atoms with E-state index < -0.39 is 11.7 Å². The molecule has 1 aromatic rings. The highest BCUT2D eigenvalue weighted by Crippen LogP contribution is 2.37. The zero-order chi connectivity index (χ0) is 11.1. The second-order valence-corrected chi connectivity index (χ2v) is 4.37. The highest BCUT2D eigenvalue weighted by molar-refractivity contribution is 9.10. The molecule has 0 amide bonds. The van der Waals surface area contributed by atoms with Gasteiger partial charge in [-0.1, -0.05) is 0 Å². The molecule has 5 heteroatoms. The Morgan fingerprint density at radius 2 is 2.00 bits per heavy atom. The van der Waals surface area contributed by atoms with E-state index in [1.54, 1.807) is 0 Å². The average molecular weight is 280 g/mol. The van der Waals surface area contributed by atoms with Crippen LogP contribution in [-0.2, 0) is 12.6 Å². The standard InChI is InChI=1S/C10H9BrF3N/c11-8-5-7(10(12,13)14)4-6-2-1-3-15-9(6)8/h4-5,15H,1-3H2. The summed E-state index contributed by atoms with van der Waals surface area (Å²) in [5.41, 5.74) is 0.953. The Bertz CT molecular complexity index is 387. The lowest BCUT2D eigenvalue weighted by atomic mass is 10.0. The Hall–Kier alpha value is -0.710. The average Bonchev–Trinajstić information content (AvgIpc) is 2.16. The molecule has 0 saturated carbocycles. The van der Waals surface area contributed by atoms with Crippen LogP contribution in [0.2, 0.25) is 0 Å². The molecule has 1 aliphatic heterocycles. The summed E-state index contributed by atoms with van der Waals surface area (Å²) < 4.78 is 38.0. The molecular weight excluding hydrogens is 271 g/mol. The smallest absolute Gasteiger partial charge is 0.384 e. The fraction of sp³-hybridized carbons (Fsp3) is 0.400. The van der Waals surface area contributed by atoms with Crippen LogP contribution in [0.3, 0.4) is 0 Å². The van der Waals surface area contributed by atoms with Crippen LogP contribution < -0.4 is 5.32 Å². The molecule has 0 aliphatic carbocycles. The third kappa shape index (κ3) is 2.12. The van der Waals surface area contributed by atoms with Gasteiger partial charge in [-0.3, -0.25) is 0 Å². The molecule has 1 aromatic carbocycles. The van der Waals surface area contributed by atoms with E-state index in [-0.39, 0.29) is 0 Å². The molecule has 1 heterocycles. The third-order valence-electron chi connectivity index (χ3n) is 2.42. The number of rotatable bonds is 0. The minimum absolute atomic E-state index is 0.493. The summed E-state index contributed by atoms with van der Waals surface area (Å²) in [6.07, 6.45) is -2.69. The SMILES string of the molecule is FC(F)(F)c1cc(Br)c2c(c1)CCCN2. The number of fused-ring (bicyclic) bond motifs is 1. The number of alkyl halides is 3. The first-order valence-electron chi connectivity index (χ1n) is 4.62. The maximum Gasteiger partial charge on any atom is 0.416 e. The van der Waals surface area contributed by atoms with Crippen molar-refractivity contribution in [1.82, 2.24) is 0 Å². The van der Waals surface area contributed by atoms with Crippen molar-refractivity contribution < 1.29 is 13.2 Å². The van der Waals surface area contributed by atoms with Crippen molar-refractivity contribution in [3.63, 3.8) is 0 Å². The van der Waals surface area contributed by atoms with Gasteiger partial charge in [0, 0.05) is 11.0 Å². The summed E-state index contributed by atoms with van der Waals surface area (Å²) in [6, 6.07) is 2.35. The maximum atomic E-state index is 12.5. The van der Waals surface area contributed by atoms with Gasteiger partial charge in [0.1, 0.15) is 0 Å². The van der Waals surface area contributed by atoms with E-state index >= 15 is 0 Å². The van der Waals surface area contributed by atoms with Crippen molar-refractivity contribution in [2.24, 2.45) is 0 Å². The summed E-state index contributed by atoms with van der Waals surface area (Å²) in [6.45, 7) is 0.816. The second-order valence-electron chi connectivity index (χ2n) is 3.52. The molecule has 0 bridgehead atoms. The van der Waals surface area contributed by atoms with Crippen molar-refractivity contribution in [2.45, 2.75) is 19.0 Å². The summed E-state index contributed by atoms with van der Waals surface area (Å²) in [4.78, 5) is 0. The van der Waals surface area contributed by atoms with Crippen molar-refractivity contribution in [3.05, 3.63) is 27.7 Å². The second kappa shape index (κ2) is 3.70. The first-order chi connectivity index (χ1) is 6.98. The topological polar surface area (TPSA) is 12.0 Å². The molecule has 2 rings (SSSR count). The number of hydrogen-bond acceptors (Lipinski definition) is 1. The van der Waals surface area contributed by atoms with Gasteiger partial charge < -0.3 is 5.32 Å². The lowest BCUT2D eigenvalue weighted by Crippen LogP contribution is -2.14. The van der Waals surface area contributed by atoms with Gasteiger partial charge >= 0.3 is 6.18 Å². The van der Waals surface area contributed by atoms with Crippen molar-refractivity contribution >= 4 is 21.6 Å². The molecule has 0 saturated heterocycles. The van der Waals surface area contributed by atoms with Crippen LogP contribution in [0.15, 0.2) is 16.6 Å². The van der Waals surface area contributed by atoms with E-state index in [0.717, 1.165) is 30.3 Å². The minimum Gasteiger partial charge on any atom is -0.384 e. The number of anilines is 1. The van der Waals surface area contributed by atoms with Gasteiger partial charge in [0.2, 0.25) is 0 Å². The molecule has 82 valence electrons. The fourth-order valence-corrected chi connectivity index (χ4v) is 2.36. The molecule has 0 radical (unpaired) electrons. The molecule has 1 N–H and O–H groups in total. The van der Waals surface area contributed by atoms with Gasteiger partial charge in [-0.15, -0.1) is 0 Å². The minimum atomic E-state index is -4.27. The molecule has 0 unspecified atom stereocenters. The molecule has 15 heavy (non-hydrogen) atoms. The summed E-state index contributed by atoms with van der Waals surface area (Å²) >= 11 is 3.16. The zero-order valence-electron chi connectivity index (χ0n) is 7.79. The lowest BCUT2D eigenvalue weighted by molar-refractivity contribution is -0.137. The normalized spacial score (nSPS) is 15.7. The highest BCUT2D eigenvalue weighted by atomic mass is 79.9. The Morgan fingerprint density at radius 3 is 2.67 bits per heavy atom. The predicted molar refractivity (Wildman–Crippen MR) is 56.0 cm³/mol. The predicted octanol–water partition coefficient (Wildman–Crippen LogP) is 3.83. The first kappa shape index (κ1) is 10.8. The summed E-state index contributed by atoms with van der Waals surface area (Å²) in [5, 5.41) is 3.10. The van der Waals surface area contributed by atoms with Crippen LogP contribution in [0.1, 0.15) is 17.5 Å². The molecule has 1 nitrogen and oxygen atoms in total. The number of hydrogen-bond donors (Lipinski definition) is 1. The zero-order valence-corrected chi connectivity index (χ0v) is 9.37. The van der Waals surface area contributed by atoms with Crippen LogP contribution in [0.4, 0.5) is 18.9 Å². The number of benzene rings is 1. The van der Waals surface area contributed by atoms with Gasteiger partial charge in [-0.2, -0.15) is 13.2 Å². The number of nitrogens with one attached hydrogen (secondary N) is 1. The Kier molecular flexibility index (Phi) is 2.66. The number of aryl methyl sites for hydroxylation is 1. The van der Waals surface area contributed by atoms with Crippen LogP contribution in [-0.4, -0.2) is 6.54 Å². The molecule has 0 fully saturated rings. The van der Waals surface area contributed by atoms with Crippen LogP contribution in [0.25, 0.3) is 0 Å². The summed E-state index contributed by atoms with van der Waals surface area (Å²) in [7, 11) is 0. The monoisotopic (exact) mass is 279 g/mol. The van der Waals surface area contributed by atoms with Crippen molar-refractivity contribution in [2.75, 3.05) is 11.9 Å². The number of halogens is 4. The molecule has 0 aromatic heterocycles. The first-order valence-corrected chi connectivity index (χ1v) is 5.41. The Labute approximate surface area is 93.8 Å². The van der Waals surface area contributed by atoms with Crippen LogP contribution >= 0.6 is 15.9 Å². The van der Waals surface area contributed by atoms with Crippen LogP contribution in [0, 0.1) is 0 Å². The Balaban J connectivity index is 2.50. The van der Waals surface area contributed by atoms with Crippen molar-refractivity contribution in [1.29, 1.82) is 0 Å². The van der Waals surface area contributed by atoms with E-state index in [0.29, 0.717) is 10.9 Å². The molecule has 0 atom stereocenters. The van der Waals surface area contributed by atoms with Gasteiger partial charge in [0.25, 0.3) is 0 Å². The summed E-state index contributed by atoms with van der Waals surface area (Å²) in [5.74, 6) is 0. The van der Waals surface area contributed by atoms with Gasteiger partial charge in [0.05, 0.1) is 11.3 Å². The van der Waals surface area contributed by atoms with E-state index in [1.807, 2.05) is 0 Å². The largest absolute Gasteiger partial charge is 0.416 e. The molecular formula is C10H9BrF3N. The van der Waals surface area contributed by atoms with E-state index in [1.165, 1.54) is 6.07 Å². The van der Waals surface area contributed by atoms with Gasteiger partial charge in [-0.05, 0) is 46.5 Å². The molecule has 1 aliphatic rings. The van der Waals surface area contributed by atoms with E-state index in [9.17, 15) is 13.2 Å². The molecule has 0 spiro atoms. The van der Waals surface area contributed by atoms with Gasteiger partial charge in [0.15, 0.2) is 0 Å². The highest BCUT2D eigenvalue weighted by Gasteiger charge is 2.32. The maximum absolute atomic E-state index is 12.5.